The zero-order valence-electron chi connectivity index (χ0n) is 9.81. The molecule has 88 valence electrons. The highest BCUT2D eigenvalue weighted by Gasteiger charge is 2.03. The van der Waals surface area contributed by atoms with Gasteiger partial charge in [0.15, 0.2) is 0 Å². The number of fused-ring (bicyclic) bond motifs is 1. The van der Waals surface area contributed by atoms with Crippen LogP contribution in [0.25, 0.3) is 10.8 Å². The first-order valence-corrected chi connectivity index (χ1v) is 6.98. The Morgan fingerprint density at radius 3 is 2.50 bits per heavy atom. The van der Waals surface area contributed by atoms with Crippen molar-refractivity contribution in [2.24, 2.45) is 0 Å². The summed E-state index contributed by atoms with van der Waals surface area (Å²) in [5.41, 5.74) is 2.45. The van der Waals surface area contributed by atoms with Crippen molar-refractivity contribution in [3.8, 4) is 0 Å². The van der Waals surface area contributed by atoms with Gasteiger partial charge < -0.3 is 0 Å². The molecular formula is C16H12IN. The molecule has 0 radical (unpaired) electrons. The summed E-state index contributed by atoms with van der Waals surface area (Å²) < 4.78 is 1.27. The fourth-order valence-electron chi connectivity index (χ4n) is 2.12. The number of hydrogen-bond donors (Lipinski definition) is 0. The van der Waals surface area contributed by atoms with Crippen LogP contribution < -0.4 is 0 Å². The van der Waals surface area contributed by atoms with Gasteiger partial charge >= 0.3 is 0 Å². The molecule has 3 rings (SSSR count). The maximum absolute atomic E-state index is 4.52. The topological polar surface area (TPSA) is 12.9 Å². The molecule has 2 heteroatoms. The third kappa shape index (κ3) is 2.38. The molecule has 0 saturated heterocycles. The predicted octanol–water partition coefficient (Wildman–Crippen LogP) is 4.43. The number of halogens is 1. The van der Waals surface area contributed by atoms with Crippen LogP contribution in [0.1, 0.15) is 11.3 Å². The fourth-order valence-corrected chi connectivity index (χ4v) is 2.48. The van der Waals surface area contributed by atoms with Crippen LogP contribution in [-0.2, 0) is 6.42 Å². The van der Waals surface area contributed by atoms with E-state index in [2.05, 4.69) is 82.2 Å². The number of hydrogen-bond acceptors (Lipinski definition) is 1. The first-order chi connectivity index (χ1) is 8.83. The zero-order chi connectivity index (χ0) is 12.4. The molecule has 0 spiro atoms. The summed E-state index contributed by atoms with van der Waals surface area (Å²) in [6.45, 7) is 0. The molecule has 0 fully saturated rings. The zero-order valence-corrected chi connectivity index (χ0v) is 12.0. The average Bonchev–Trinajstić information content (AvgIpc) is 2.42. The number of pyridine rings is 1. The van der Waals surface area contributed by atoms with Crippen molar-refractivity contribution >= 4 is 33.4 Å². The summed E-state index contributed by atoms with van der Waals surface area (Å²) in [7, 11) is 0. The van der Waals surface area contributed by atoms with Crippen molar-refractivity contribution in [2.45, 2.75) is 6.42 Å². The minimum atomic E-state index is 0.887. The maximum Gasteiger partial charge on any atom is 0.0525 e. The number of nitrogens with zero attached hydrogens (tertiary/aromatic N) is 1. The smallest absolute Gasteiger partial charge is 0.0525 e. The Hall–Kier alpha value is -1.42. The molecule has 2 aromatic carbocycles. The van der Waals surface area contributed by atoms with E-state index in [0.717, 1.165) is 12.1 Å². The van der Waals surface area contributed by atoms with Gasteiger partial charge in [-0.2, -0.15) is 0 Å². The first-order valence-electron chi connectivity index (χ1n) is 5.90. The first kappa shape index (κ1) is 11.7. The summed E-state index contributed by atoms with van der Waals surface area (Å²) in [6, 6.07) is 19.1. The van der Waals surface area contributed by atoms with Gasteiger partial charge in [0.05, 0.1) is 5.69 Å². The standard InChI is InChI=1S/C16H12IN/c17-14-7-5-12(6-8-14)11-16-15-4-2-1-3-13(15)9-10-18-16/h1-10H,11H2. The summed E-state index contributed by atoms with van der Waals surface area (Å²) in [6.07, 6.45) is 2.78. The van der Waals surface area contributed by atoms with E-state index in [-0.39, 0.29) is 0 Å². The van der Waals surface area contributed by atoms with Gasteiger partial charge in [0, 0.05) is 21.6 Å². The second-order valence-corrected chi connectivity index (χ2v) is 5.53. The Bertz CT molecular complexity index is 669. The number of aromatic nitrogens is 1. The molecule has 0 bridgehead atoms. The molecule has 0 saturated carbocycles. The van der Waals surface area contributed by atoms with E-state index < -0.39 is 0 Å². The molecule has 0 atom stereocenters. The summed E-state index contributed by atoms with van der Waals surface area (Å²) in [5, 5.41) is 2.51. The van der Waals surface area contributed by atoms with E-state index >= 15 is 0 Å². The second-order valence-electron chi connectivity index (χ2n) is 4.28. The molecule has 0 unspecified atom stereocenters. The van der Waals surface area contributed by atoms with Crippen molar-refractivity contribution in [3.63, 3.8) is 0 Å². The molecule has 0 aliphatic carbocycles. The van der Waals surface area contributed by atoms with Gasteiger partial charge in [0.2, 0.25) is 0 Å². The van der Waals surface area contributed by atoms with Gasteiger partial charge in [0.1, 0.15) is 0 Å². The SMILES string of the molecule is Ic1ccc(Cc2nccc3ccccc23)cc1. The Morgan fingerprint density at radius 1 is 0.889 bits per heavy atom. The minimum Gasteiger partial charge on any atom is -0.260 e. The molecule has 1 heterocycles. The van der Waals surface area contributed by atoms with Crippen molar-refractivity contribution in [3.05, 3.63) is 75.6 Å². The van der Waals surface area contributed by atoms with Gasteiger partial charge in [-0.05, 0) is 51.7 Å². The highest BCUT2D eigenvalue weighted by molar-refractivity contribution is 14.1. The van der Waals surface area contributed by atoms with E-state index in [1.807, 2.05) is 6.20 Å². The molecule has 0 aliphatic rings. The molecule has 0 amide bonds. The fraction of sp³-hybridized carbons (Fsp3) is 0.0625. The lowest BCUT2D eigenvalue weighted by Gasteiger charge is -2.05. The van der Waals surface area contributed by atoms with Crippen LogP contribution >= 0.6 is 22.6 Å². The third-order valence-corrected chi connectivity index (χ3v) is 3.76. The number of benzene rings is 2. The monoisotopic (exact) mass is 345 g/mol. The van der Waals surface area contributed by atoms with Crippen molar-refractivity contribution in [2.75, 3.05) is 0 Å². The van der Waals surface area contributed by atoms with Crippen LogP contribution in [0, 0.1) is 3.57 Å². The Morgan fingerprint density at radius 2 is 1.67 bits per heavy atom. The van der Waals surface area contributed by atoms with Gasteiger partial charge in [-0.1, -0.05) is 36.4 Å². The molecular weight excluding hydrogens is 333 g/mol. The minimum absolute atomic E-state index is 0.887. The van der Waals surface area contributed by atoms with Gasteiger partial charge in [-0.25, -0.2) is 0 Å². The van der Waals surface area contributed by atoms with Crippen LogP contribution in [0.4, 0.5) is 0 Å². The van der Waals surface area contributed by atoms with Crippen LogP contribution in [0.15, 0.2) is 60.8 Å². The van der Waals surface area contributed by atoms with Crippen LogP contribution in [0.5, 0.6) is 0 Å². The Kier molecular flexibility index (Phi) is 3.28. The molecule has 1 nitrogen and oxygen atoms in total. The largest absolute Gasteiger partial charge is 0.260 e. The van der Waals surface area contributed by atoms with E-state index in [0.29, 0.717) is 0 Å². The molecule has 3 aromatic rings. The van der Waals surface area contributed by atoms with Gasteiger partial charge in [0.25, 0.3) is 0 Å². The highest BCUT2D eigenvalue weighted by Crippen LogP contribution is 2.19. The Balaban J connectivity index is 2.02. The quantitative estimate of drug-likeness (QED) is 0.626. The van der Waals surface area contributed by atoms with Crippen LogP contribution in [0.2, 0.25) is 0 Å². The van der Waals surface area contributed by atoms with E-state index in [9.17, 15) is 0 Å². The molecule has 18 heavy (non-hydrogen) atoms. The highest BCUT2D eigenvalue weighted by atomic mass is 127. The van der Waals surface area contributed by atoms with Crippen LogP contribution in [0.3, 0.4) is 0 Å². The summed E-state index contributed by atoms with van der Waals surface area (Å²) in [4.78, 5) is 4.52. The lowest BCUT2D eigenvalue weighted by atomic mass is 10.0. The van der Waals surface area contributed by atoms with E-state index in [4.69, 9.17) is 0 Å². The summed E-state index contributed by atoms with van der Waals surface area (Å²) in [5.74, 6) is 0. The Labute approximate surface area is 120 Å². The van der Waals surface area contributed by atoms with Crippen molar-refractivity contribution in [1.29, 1.82) is 0 Å². The van der Waals surface area contributed by atoms with E-state index in [1.165, 1.54) is 19.9 Å². The molecule has 0 aliphatic heterocycles. The number of rotatable bonds is 2. The van der Waals surface area contributed by atoms with Crippen LogP contribution in [-0.4, -0.2) is 4.98 Å². The average molecular weight is 345 g/mol. The molecule has 0 N–H and O–H groups in total. The lowest BCUT2D eigenvalue weighted by molar-refractivity contribution is 1.10. The molecule has 1 aromatic heterocycles. The van der Waals surface area contributed by atoms with Crippen molar-refractivity contribution in [1.82, 2.24) is 4.98 Å². The summed E-state index contributed by atoms with van der Waals surface area (Å²) >= 11 is 2.33. The van der Waals surface area contributed by atoms with Gasteiger partial charge in [-0.3, -0.25) is 4.98 Å². The second kappa shape index (κ2) is 5.06. The maximum atomic E-state index is 4.52. The normalized spacial score (nSPS) is 10.7. The predicted molar refractivity (Wildman–Crippen MR) is 83.7 cm³/mol. The van der Waals surface area contributed by atoms with E-state index in [1.54, 1.807) is 0 Å². The lowest BCUT2D eigenvalue weighted by Crippen LogP contribution is -1.93. The third-order valence-electron chi connectivity index (χ3n) is 3.04. The van der Waals surface area contributed by atoms with Crippen molar-refractivity contribution < 1.29 is 0 Å². The van der Waals surface area contributed by atoms with Gasteiger partial charge in [-0.15, -0.1) is 0 Å².